The zero-order valence-electron chi connectivity index (χ0n) is 11.6. The molecule has 1 saturated carbocycles. The van der Waals surface area contributed by atoms with Gasteiger partial charge in [-0.1, -0.05) is 63.4 Å². The van der Waals surface area contributed by atoms with Crippen LogP contribution < -0.4 is 0 Å². The van der Waals surface area contributed by atoms with Crippen LogP contribution in [-0.4, -0.2) is 5.78 Å². The van der Waals surface area contributed by atoms with Crippen LogP contribution in [0.25, 0.3) is 0 Å². The van der Waals surface area contributed by atoms with Gasteiger partial charge in [0.25, 0.3) is 0 Å². The molecule has 1 aliphatic carbocycles. The maximum Gasteiger partial charge on any atom is 0.146 e. The molecule has 1 heteroatoms. The molecule has 1 fully saturated rings. The Kier molecular flexibility index (Phi) is 4.21. The Hall–Kier alpha value is -1.11. The van der Waals surface area contributed by atoms with Crippen LogP contribution in [0.15, 0.2) is 30.3 Å². The van der Waals surface area contributed by atoms with E-state index in [1.54, 1.807) is 0 Å². The minimum Gasteiger partial charge on any atom is -0.298 e. The minimum absolute atomic E-state index is 0.171. The highest BCUT2D eigenvalue weighted by molar-refractivity contribution is 5.92. The molecule has 0 N–H and O–H groups in total. The number of ketones is 1. The SMILES string of the molecule is CCCC(C)C(=O)C1(c2ccccc2)CCCC1. The Balaban J connectivity index is 2.30. The third kappa shape index (κ3) is 2.36. The Morgan fingerprint density at radius 3 is 2.39 bits per heavy atom. The lowest BCUT2D eigenvalue weighted by molar-refractivity contribution is -0.128. The van der Waals surface area contributed by atoms with E-state index in [2.05, 4.69) is 38.1 Å². The van der Waals surface area contributed by atoms with Crippen molar-refractivity contribution in [1.29, 1.82) is 0 Å². The molecule has 0 aliphatic heterocycles. The number of hydrogen-bond acceptors (Lipinski definition) is 1. The van der Waals surface area contributed by atoms with Gasteiger partial charge in [0.2, 0.25) is 0 Å². The molecule has 0 heterocycles. The smallest absolute Gasteiger partial charge is 0.146 e. The molecular weight excluding hydrogens is 220 g/mol. The number of carbonyl (C=O) groups excluding carboxylic acids is 1. The first-order valence-electron chi connectivity index (χ1n) is 7.30. The molecule has 1 unspecified atom stereocenters. The summed E-state index contributed by atoms with van der Waals surface area (Å²) in [6, 6.07) is 10.4. The molecule has 0 radical (unpaired) electrons. The highest BCUT2D eigenvalue weighted by Gasteiger charge is 2.43. The molecule has 1 aromatic carbocycles. The highest BCUT2D eigenvalue weighted by Crippen LogP contribution is 2.43. The van der Waals surface area contributed by atoms with Gasteiger partial charge in [0, 0.05) is 5.92 Å². The maximum atomic E-state index is 12.9. The molecule has 1 aromatic rings. The lowest BCUT2D eigenvalue weighted by Crippen LogP contribution is -2.37. The molecule has 1 nitrogen and oxygen atoms in total. The second-order valence-electron chi connectivity index (χ2n) is 5.71. The summed E-state index contributed by atoms with van der Waals surface area (Å²) in [4.78, 5) is 12.9. The van der Waals surface area contributed by atoms with Gasteiger partial charge in [0.15, 0.2) is 0 Å². The first-order chi connectivity index (χ1) is 8.70. The Morgan fingerprint density at radius 1 is 1.22 bits per heavy atom. The van der Waals surface area contributed by atoms with Crippen molar-refractivity contribution in [3.8, 4) is 0 Å². The molecule has 18 heavy (non-hydrogen) atoms. The molecule has 0 aromatic heterocycles. The Bertz CT molecular complexity index is 387. The molecule has 98 valence electrons. The Morgan fingerprint density at radius 2 is 1.83 bits per heavy atom. The summed E-state index contributed by atoms with van der Waals surface area (Å²) in [6.45, 7) is 4.27. The van der Waals surface area contributed by atoms with Crippen LogP contribution >= 0.6 is 0 Å². The fraction of sp³-hybridized carbons (Fsp3) is 0.588. The van der Waals surface area contributed by atoms with Crippen LogP contribution in [0.2, 0.25) is 0 Å². The van der Waals surface area contributed by atoms with E-state index in [1.807, 2.05) is 6.07 Å². The normalized spacial score (nSPS) is 19.7. The summed E-state index contributed by atoms with van der Waals surface area (Å²) in [5.41, 5.74) is 1.08. The molecule has 0 bridgehead atoms. The van der Waals surface area contributed by atoms with Gasteiger partial charge in [-0.3, -0.25) is 4.79 Å². The van der Waals surface area contributed by atoms with Gasteiger partial charge in [-0.25, -0.2) is 0 Å². The maximum absolute atomic E-state index is 12.9. The fourth-order valence-corrected chi connectivity index (χ4v) is 3.45. The number of rotatable bonds is 5. The molecular formula is C17H24O. The van der Waals surface area contributed by atoms with E-state index in [0.29, 0.717) is 5.78 Å². The molecule has 0 spiro atoms. The molecule has 0 saturated heterocycles. The quantitative estimate of drug-likeness (QED) is 0.745. The van der Waals surface area contributed by atoms with Gasteiger partial charge in [0.1, 0.15) is 5.78 Å². The summed E-state index contributed by atoms with van der Waals surface area (Å²) in [5, 5.41) is 0. The summed E-state index contributed by atoms with van der Waals surface area (Å²) in [6.07, 6.45) is 6.60. The standard InChI is InChI=1S/C17H24O/c1-3-9-14(2)16(18)17(12-7-8-13-17)15-10-5-4-6-11-15/h4-6,10-11,14H,3,7-9,12-13H2,1-2H3. The number of Topliss-reactive ketones (excluding diaryl/α,β-unsaturated/α-hetero) is 1. The second-order valence-corrected chi connectivity index (χ2v) is 5.71. The van der Waals surface area contributed by atoms with Gasteiger partial charge in [-0.15, -0.1) is 0 Å². The lowest BCUT2D eigenvalue weighted by atomic mass is 9.71. The van der Waals surface area contributed by atoms with Crippen LogP contribution in [0.3, 0.4) is 0 Å². The van der Waals surface area contributed by atoms with Crippen LogP contribution in [-0.2, 0) is 10.2 Å². The van der Waals surface area contributed by atoms with Crippen molar-refractivity contribution in [2.75, 3.05) is 0 Å². The van der Waals surface area contributed by atoms with Gasteiger partial charge in [-0.05, 0) is 24.8 Å². The van der Waals surface area contributed by atoms with Crippen LogP contribution in [0.4, 0.5) is 0 Å². The van der Waals surface area contributed by atoms with Gasteiger partial charge < -0.3 is 0 Å². The first kappa shape index (κ1) is 13.3. The largest absolute Gasteiger partial charge is 0.298 e. The number of carbonyl (C=O) groups is 1. The average molecular weight is 244 g/mol. The van der Waals surface area contributed by atoms with Crippen molar-refractivity contribution >= 4 is 5.78 Å². The zero-order valence-corrected chi connectivity index (χ0v) is 11.6. The van der Waals surface area contributed by atoms with Gasteiger partial charge in [0.05, 0.1) is 5.41 Å². The zero-order chi connectivity index (χ0) is 13.0. The predicted molar refractivity (Wildman–Crippen MR) is 75.7 cm³/mol. The topological polar surface area (TPSA) is 17.1 Å². The molecule has 0 amide bonds. The predicted octanol–water partition coefficient (Wildman–Crippen LogP) is 4.50. The molecule has 2 rings (SSSR count). The number of hydrogen-bond donors (Lipinski definition) is 0. The average Bonchev–Trinajstić information content (AvgIpc) is 2.90. The third-order valence-corrected chi connectivity index (χ3v) is 4.42. The van der Waals surface area contributed by atoms with E-state index >= 15 is 0 Å². The summed E-state index contributed by atoms with van der Waals surface area (Å²) in [7, 11) is 0. The van der Waals surface area contributed by atoms with Crippen molar-refractivity contribution in [1.82, 2.24) is 0 Å². The molecule has 1 aliphatic rings. The number of benzene rings is 1. The first-order valence-corrected chi connectivity index (χ1v) is 7.30. The summed E-state index contributed by atoms with van der Waals surface area (Å²) >= 11 is 0. The third-order valence-electron chi connectivity index (χ3n) is 4.42. The minimum atomic E-state index is -0.171. The van der Waals surface area contributed by atoms with Crippen LogP contribution in [0, 0.1) is 5.92 Å². The van der Waals surface area contributed by atoms with Gasteiger partial charge in [-0.2, -0.15) is 0 Å². The van der Waals surface area contributed by atoms with Crippen molar-refractivity contribution in [3.63, 3.8) is 0 Å². The highest BCUT2D eigenvalue weighted by atomic mass is 16.1. The fourth-order valence-electron chi connectivity index (χ4n) is 3.45. The van der Waals surface area contributed by atoms with Crippen molar-refractivity contribution in [2.45, 2.75) is 57.8 Å². The van der Waals surface area contributed by atoms with E-state index in [0.717, 1.165) is 25.7 Å². The summed E-state index contributed by atoms with van der Waals surface area (Å²) < 4.78 is 0. The van der Waals surface area contributed by atoms with Crippen molar-refractivity contribution in [3.05, 3.63) is 35.9 Å². The van der Waals surface area contributed by atoms with E-state index in [9.17, 15) is 4.79 Å². The Labute approximate surface area is 111 Å². The summed E-state index contributed by atoms with van der Waals surface area (Å²) in [5.74, 6) is 0.682. The van der Waals surface area contributed by atoms with E-state index in [4.69, 9.17) is 0 Å². The van der Waals surface area contributed by atoms with Crippen molar-refractivity contribution < 1.29 is 4.79 Å². The van der Waals surface area contributed by atoms with E-state index in [-0.39, 0.29) is 11.3 Å². The van der Waals surface area contributed by atoms with E-state index in [1.165, 1.54) is 18.4 Å². The van der Waals surface area contributed by atoms with Crippen molar-refractivity contribution in [2.24, 2.45) is 5.92 Å². The molecule has 1 atom stereocenters. The van der Waals surface area contributed by atoms with E-state index < -0.39 is 0 Å². The lowest BCUT2D eigenvalue weighted by Gasteiger charge is -2.31. The van der Waals surface area contributed by atoms with Gasteiger partial charge >= 0.3 is 0 Å². The monoisotopic (exact) mass is 244 g/mol. The van der Waals surface area contributed by atoms with Crippen LogP contribution in [0.1, 0.15) is 57.9 Å². The van der Waals surface area contributed by atoms with Crippen LogP contribution in [0.5, 0.6) is 0 Å². The second kappa shape index (κ2) is 5.69.